The van der Waals surface area contributed by atoms with Gasteiger partial charge in [0.05, 0.1) is 0 Å². The fourth-order valence-corrected chi connectivity index (χ4v) is 2.88. The lowest BCUT2D eigenvalue weighted by Gasteiger charge is -2.23. The highest BCUT2D eigenvalue weighted by atomic mass is 16.5. The molecule has 3 atom stereocenters. The van der Waals surface area contributed by atoms with Crippen molar-refractivity contribution < 1.29 is 14.3 Å². The van der Waals surface area contributed by atoms with E-state index in [-0.39, 0.29) is 0 Å². The van der Waals surface area contributed by atoms with E-state index in [4.69, 9.17) is 9.15 Å². The van der Waals surface area contributed by atoms with Crippen LogP contribution in [-0.4, -0.2) is 18.3 Å². The number of ether oxygens (including phenoxy) is 1. The summed E-state index contributed by atoms with van der Waals surface area (Å²) in [5, 5.41) is 10.2. The zero-order valence-corrected chi connectivity index (χ0v) is 11.0. The first kappa shape index (κ1) is 12.2. The molecule has 2 aliphatic rings. The Morgan fingerprint density at radius 3 is 2.72 bits per heavy atom. The number of aliphatic hydroxyl groups excluding tert-OH is 1. The van der Waals surface area contributed by atoms with E-state index >= 15 is 0 Å². The standard InChI is InChI=1S/C15H22O3/c1-10-8-12(10)14-2-3-15(18-14)13(16)9-11-4-6-17-7-5-11/h2-3,10-13,16H,4-9H2,1H3. The Morgan fingerprint density at radius 1 is 1.33 bits per heavy atom. The Labute approximate surface area is 108 Å². The van der Waals surface area contributed by atoms with Gasteiger partial charge in [0.2, 0.25) is 0 Å². The summed E-state index contributed by atoms with van der Waals surface area (Å²) in [5.74, 6) is 3.71. The van der Waals surface area contributed by atoms with Crippen LogP contribution in [0.25, 0.3) is 0 Å². The van der Waals surface area contributed by atoms with Crippen molar-refractivity contribution in [1.82, 2.24) is 0 Å². The van der Waals surface area contributed by atoms with Crippen molar-refractivity contribution in [2.45, 2.75) is 44.6 Å². The maximum Gasteiger partial charge on any atom is 0.132 e. The summed E-state index contributed by atoms with van der Waals surface area (Å²) in [5.41, 5.74) is 0. The van der Waals surface area contributed by atoms with Gasteiger partial charge in [-0.2, -0.15) is 0 Å². The van der Waals surface area contributed by atoms with Gasteiger partial charge in [0, 0.05) is 19.1 Å². The first-order chi connectivity index (χ1) is 8.74. The molecular formula is C15H22O3. The molecule has 3 rings (SSSR count). The van der Waals surface area contributed by atoms with Crippen LogP contribution in [0.5, 0.6) is 0 Å². The molecule has 1 aromatic rings. The predicted octanol–water partition coefficient (Wildman–Crippen LogP) is 3.25. The van der Waals surface area contributed by atoms with E-state index in [9.17, 15) is 5.11 Å². The minimum Gasteiger partial charge on any atom is -0.463 e. The van der Waals surface area contributed by atoms with Gasteiger partial charge in [0.15, 0.2) is 0 Å². The number of rotatable bonds is 4. The lowest BCUT2D eigenvalue weighted by atomic mass is 9.93. The van der Waals surface area contributed by atoms with Crippen molar-refractivity contribution in [2.24, 2.45) is 11.8 Å². The van der Waals surface area contributed by atoms with E-state index in [1.54, 1.807) is 0 Å². The summed E-state index contributed by atoms with van der Waals surface area (Å²) in [6.45, 7) is 3.91. The molecule has 2 fully saturated rings. The second kappa shape index (κ2) is 5.06. The van der Waals surface area contributed by atoms with E-state index in [2.05, 4.69) is 6.92 Å². The maximum atomic E-state index is 10.2. The Morgan fingerprint density at radius 2 is 2.06 bits per heavy atom. The summed E-state index contributed by atoms with van der Waals surface area (Å²) in [4.78, 5) is 0. The molecule has 0 aromatic carbocycles. The molecular weight excluding hydrogens is 228 g/mol. The van der Waals surface area contributed by atoms with Gasteiger partial charge in [-0.15, -0.1) is 0 Å². The average Bonchev–Trinajstić information content (AvgIpc) is 2.93. The first-order valence-electron chi connectivity index (χ1n) is 7.09. The monoisotopic (exact) mass is 250 g/mol. The highest BCUT2D eigenvalue weighted by Crippen LogP contribution is 2.47. The van der Waals surface area contributed by atoms with Crippen molar-refractivity contribution in [3.05, 3.63) is 23.7 Å². The fraction of sp³-hybridized carbons (Fsp3) is 0.733. The Balaban J connectivity index is 1.57. The zero-order chi connectivity index (χ0) is 12.5. The van der Waals surface area contributed by atoms with Crippen LogP contribution in [0, 0.1) is 11.8 Å². The van der Waals surface area contributed by atoms with Crippen LogP contribution < -0.4 is 0 Å². The van der Waals surface area contributed by atoms with Crippen LogP contribution >= 0.6 is 0 Å². The minimum absolute atomic E-state index is 0.448. The van der Waals surface area contributed by atoms with Gasteiger partial charge >= 0.3 is 0 Å². The van der Waals surface area contributed by atoms with Crippen LogP contribution in [0.2, 0.25) is 0 Å². The predicted molar refractivity (Wildman–Crippen MR) is 68.3 cm³/mol. The molecule has 18 heavy (non-hydrogen) atoms. The molecule has 1 aliphatic carbocycles. The Hall–Kier alpha value is -0.800. The summed E-state index contributed by atoms with van der Waals surface area (Å²) < 4.78 is 11.1. The molecule has 3 heteroatoms. The van der Waals surface area contributed by atoms with Crippen molar-refractivity contribution in [2.75, 3.05) is 13.2 Å². The lowest BCUT2D eigenvalue weighted by Crippen LogP contribution is -2.17. The van der Waals surface area contributed by atoms with Crippen LogP contribution in [0.15, 0.2) is 16.5 Å². The first-order valence-corrected chi connectivity index (χ1v) is 7.09. The van der Waals surface area contributed by atoms with Gasteiger partial charge < -0.3 is 14.3 Å². The molecule has 3 nitrogen and oxygen atoms in total. The van der Waals surface area contributed by atoms with E-state index in [0.717, 1.165) is 49.9 Å². The van der Waals surface area contributed by atoms with E-state index in [1.807, 2.05) is 12.1 Å². The van der Waals surface area contributed by atoms with E-state index < -0.39 is 6.10 Å². The summed E-state index contributed by atoms with van der Waals surface area (Å²) >= 11 is 0. The van der Waals surface area contributed by atoms with Crippen LogP contribution in [0.4, 0.5) is 0 Å². The number of aliphatic hydroxyl groups is 1. The van der Waals surface area contributed by atoms with E-state index in [1.165, 1.54) is 6.42 Å². The third-order valence-corrected chi connectivity index (χ3v) is 4.35. The van der Waals surface area contributed by atoms with Crippen LogP contribution in [-0.2, 0) is 4.74 Å². The molecule has 1 aliphatic heterocycles. The molecule has 1 saturated heterocycles. The molecule has 0 spiro atoms. The van der Waals surface area contributed by atoms with Gasteiger partial charge in [-0.05, 0) is 49.7 Å². The van der Waals surface area contributed by atoms with Crippen molar-refractivity contribution >= 4 is 0 Å². The Bertz CT molecular complexity index is 392. The Kier molecular flexibility index (Phi) is 3.44. The smallest absolute Gasteiger partial charge is 0.132 e. The third kappa shape index (κ3) is 2.62. The number of hydrogen-bond donors (Lipinski definition) is 1. The SMILES string of the molecule is CC1CC1c1ccc(C(O)CC2CCOCC2)o1. The maximum absolute atomic E-state index is 10.2. The molecule has 1 aromatic heterocycles. The molecule has 1 N–H and O–H groups in total. The fourth-order valence-electron chi connectivity index (χ4n) is 2.88. The summed E-state index contributed by atoms with van der Waals surface area (Å²) in [7, 11) is 0. The summed E-state index contributed by atoms with van der Waals surface area (Å²) in [6.07, 6.45) is 3.70. The molecule has 100 valence electrons. The van der Waals surface area contributed by atoms with Crippen LogP contribution in [0.1, 0.15) is 56.1 Å². The minimum atomic E-state index is -0.448. The summed E-state index contributed by atoms with van der Waals surface area (Å²) in [6, 6.07) is 3.99. The highest BCUT2D eigenvalue weighted by Gasteiger charge is 2.37. The second-order valence-electron chi connectivity index (χ2n) is 5.87. The molecule has 3 unspecified atom stereocenters. The molecule has 0 radical (unpaired) electrons. The van der Waals surface area contributed by atoms with Gasteiger partial charge in [-0.25, -0.2) is 0 Å². The normalized spacial score (nSPS) is 30.3. The number of furan rings is 1. The van der Waals surface area contributed by atoms with Gasteiger partial charge in [-0.3, -0.25) is 0 Å². The van der Waals surface area contributed by atoms with Crippen LogP contribution in [0.3, 0.4) is 0 Å². The van der Waals surface area contributed by atoms with Crippen molar-refractivity contribution in [3.8, 4) is 0 Å². The average molecular weight is 250 g/mol. The lowest BCUT2D eigenvalue weighted by molar-refractivity contribution is 0.0385. The number of hydrogen-bond acceptors (Lipinski definition) is 3. The largest absolute Gasteiger partial charge is 0.463 e. The molecule has 0 amide bonds. The van der Waals surface area contributed by atoms with Gasteiger partial charge in [0.1, 0.15) is 17.6 Å². The van der Waals surface area contributed by atoms with Crippen molar-refractivity contribution in [1.29, 1.82) is 0 Å². The third-order valence-electron chi connectivity index (χ3n) is 4.35. The molecule has 2 heterocycles. The zero-order valence-electron chi connectivity index (χ0n) is 11.0. The highest BCUT2D eigenvalue weighted by molar-refractivity contribution is 5.18. The van der Waals surface area contributed by atoms with E-state index in [0.29, 0.717) is 11.8 Å². The van der Waals surface area contributed by atoms with Gasteiger partial charge in [0.25, 0.3) is 0 Å². The van der Waals surface area contributed by atoms with Gasteiger partial charge in [-0.1, -0.05) is 6.92 Å². The topological polar surface area (TPSA) is 42.6 Å². The molecule has 0 bridgehead atoms. The second-order valence-corrected chi connectivity index (χ2v) is 5.87. The molecule has 1 saturated carbocycles. The van der Waals surface area contributed by atoms with Crippen molar-refractivity contribution in [3.63, 3.8) is 0 Å². The quantitative estimate of drug-likeness (QED) is 0.892.